The molecule has 26 heavy (non-hydrogen) atoms. The van der Waals surface area contributed by atoms with Crippen LogP contribution >= 0.6 is 0 Å². The average Bonchev–Trinajstić information content (AvgIpc) is 2.67. The lowest BCUT2D eigenvalue weighted by Crippen LogP contribution is -2.57. The van der Waals surface area contributed by atoms with E-state index < -0.39 is 17.9 Å². The quantitative estimate of drug-likeness (QED) is 0.667. The Balaban J connectivity index is 1.85. The molecular weight excluding hydrogens is 330 g/mol. The lowest BCUT2D eigenvalue weighted by Gasteiger charge is -2.50. The van der Waals surface area contributed by atoms with Gasteiger partial charge in [-0.15, -0.1) is 0 Å². The molecule has 0 bridgehead atoms. The minimum Gasteiger partial charge on any atom is -0.365 e. The van der Waals surface area contributed by atoms with Crippen molar-refractivity contribution in [2.24, 2.45) is 5.92 Å². The fourth-order valence-corrected chi connectivity index (χ4v) is 4.73. The molecule has 5 unspecified atom stereocenters. The zero-order valence-electron chi connectivity index (χ0n) is 14.5. The third kappa shape index (κ3) is 2.91. The summed E-state index contributed by atoms with van der Waals surface area (Å²) in [6.45, 7) is 0. The highest BCUT2D eigenvalue weighted by Gasteiger charge is 2.59. The maximum absolute atomic E-state index is 12.1. The molecule has 1 heterocycles. The Morgan fingerprint density at radius 3 is 2.23 bits per heavy atom. The van der Waals surface area contributed by atoms with Crippen molar-refractivity contribution in [3.8, 4) is 0 Å². The molecule has 2 aliphatic rings. The zero-order chi connectivity index (χ0) is 18.1. The molecule has 2 aromatic rings. The van der Waals surface area contributed by atoms with Gasteiger partial charge in [-0.05, 0) is 24.0 Å². The summed E-state index contributed by atoms with van der Waals surface area (Å²) >= 11 is 0. The molecule has 136 valence electrons. The standard InChI is InChI=1S/C21H23NO4/c23-21-14-8-7-13-17(21)18(15-9-3-1-4-10-15)19(22(24)25)20(26-21)16-11-5-2-6-12-16/h1-6,9-12,17-20,23H,7-8,13-14H2. The molecule has 5 nitrogen and oxygen atoms in total. The summed E-state index contributed by atoms with van der Waals surface area (Å²) in [5, 5.41) is 23.5. The van der Waals surface area contributed by atoms with E-state index in [-0.39, 0.29) is 16.8 Å². The predicted molar refractivity (Wildman–Crippen MR) is 97.1 cm³/mol. The van der Waals surface area contributed by atoms with Crippen LogP contribution in [0.5, 0.6) is 0 Å². The summed E-state index contributed by atoms with van der Waals surface area (Å²) in [5.41, 5.74) is 1.65. The maximum Gasteiger partial charge on any atom is 0.250 e. The van der Waals surface area contributed by atoms with Crippen LogP contribution in [-0.2, 0) is 4.74 Å². The van der Waals surface area contributed by atoms with E-state index in [1.165, 1.54) is 0 Å². The molecular formula is C21H23NO4. The molecule has 1 saturated carbocycles. The maximum atomic E-state index is 12.1. The van der Waals surface area contributed by atoms with Gasteiger partial charge >= 0.3 is 0 Å². The number of benzene rings is 2. The molecule has 0 radical (unpaired) electrons. The molecule has 0 amide bonds. The van der Waals surface area contributed by atoms with E-state index in [0.29, 0.717) is 6.42 Å². The van der Waals surface area contributed by atoms with Crippen molar-refractivity contribution in [1.29, 1.82) is 0 Å². The molecule has 5 heteroatoms. The fourth-order valence-electron chi connectivity index (χ4n) is 4.73. The van der Waals surface area contributed by atoms with E-state index >= 15 is 0 Å². The van der Waals surface area contributed by atoms with E-state index in [2.05, 4.69) is 0 Å². The van der Waals surface area contributed by atoms with Gasteiger partial charge in [-0.3, -0.25) is 10.1 Å². The molecule has 5 atom stereocenters. The van der Waals surface area contributed by atoms with Crippen molar-refractivity contribution in [3.63, 3.8) is 0 Å². The molecule has 1 N–H and O–H groups in total. The summed E-state index contributed by atoms with van der Waals surface area (Å²) in [6, 6.07) is 17.9. The van der Waals surface area contributed by atoms with Crippen molar-refractivity contribution in [3.05, 3.63) is 81.9 Å². The van der Waals surface area contributed by atoms with Crippen molar-refractivity contribution >= 4 is 0 Å². The van der Waals surface area contributed by atoms with Gasteiger partial charge in [0, 0.05) is 17.3 Å². The van der Waals surface area contributed by atoms with Crippen LogP contribution in [0.25, 0.3) is 0 Å². The monoisotopic (exact) mass is 353 g/mol. The Morgan fingerprint density at radius 2 is 1.62 bits per heavy atom. The highest BCUT2D eigenvalue weighted by Crippen LogP contribution is 2.54. The van der Waals surface area contributed by atoms with Crippen LogP contribution < -0.4 is 0 Å². The molecule has 2 fully saturated rings. The van der Waals surface area contributed by atoms with E-state index in [1.807, 2.05) is 60.7 Å². The molecule has 2 aromatic carbocycles. The van der Waals surface area contributed by atoms with Crippen LogP contribution in [0.4, 0.5) is 0 Å². The number of ether oxygens (including phenoxy) is 1. The van der Waals surface area contributed by atoms with Crippen LogP contribution in [0.1, 0.15) is 48.8 Å². The largest absolute Gasteiger partial charge is 0.365 e. The van der Waals surface area contributed by atoms with Crippen LogP contribution in [0.3, 0.4) is 0 Å². The first-order valence-electron chi connectivity index (χ1n) is 9.24. The lowest BCUT2D eigenvalue weighted by molar-refractivity contribution is -0.562. The summed E-state index contributed by atoms with van der Waals surface area (Å²) in [6.07, 6.45) is 2.33. The zero-order valence-corrected chi connectivity index (χ0v) is 14.5. The Bertz CT molecular complexity index is 766. The fraction of sp³-hybridized carbons (Fsp3) is 0.429. The van der Waals surface area contributed by atoms with Crippen LogP contribution in [0.2, 0.25) is 0 Å². The molecule has 0 spiro atoms. The normalized spacial score (nSPS) is 34.0. The van der Waals surface area contributed by atoms with Crippen molar-refractivity contribution in [1.82, 2.24) is 0 Å². The van der Waals surface area contributed by atoms with Crippen molar-refractivity contribution < 1.29 is 14.8 Å². The number of rotatable bonds is 3. The van der Waals surface area contributed by atoms with Gasteiger partial charge < -0.3 is 9.84 Å². The van der Waals surface area contributed by atoms with Gasteiger partial charge in [-0.1, -0.05) is 67.1 Å². The Labute approximate surface area is 152 Å². The van der Waals surface area contributed by atoms with Crippen LogP contribution in [-0.4, -0.2) is 21.9 Å². The van der Waals surface area contributed by atoms with Crippen molar-refractivity contribution in [2.45, 2.75) is 49.5 Å². The number of nitrogens with zero attached hydrogens (tertiary/aromatic N) is 1. The van der Waals surface area contributed by atoms with Gasteiger partial charge in [0.15, 0.2) is 11.9 Å². The highest BCUT2D eigenvalue weighted by atomic mass is 16.7. The number of nitro groups is 1. The third-order valence-electron chi connectivity index (χ3n) is 5.88. The number of hydrogen-bond acceptors (Lipinski definition) is 4. The van der Waals surface area contributed by atoms with Gasteiger partial charge in [0.25, 0.3) is 0 Å². The summed E-state index contributed by atoms with van der Waals surface area (Å²) in [4.78, 5) is 11.9. The minimum absolute atomic E-state index is 0.219. The number of aliphatic hydroxyl groups is 1. The Kier molecular flexibility index (Phi) is 4.51. The number of hydrogen-bond donors (Lipinski definition) is 1. The first kappa shape index (κ1) is 17.2. The second-order valence-corrected chi connectivity index (χ2v) is 7.36. The smallest absolute Gasteiger partial charge is 0.250 e. The summed E-state index contributed by atoms with van der Waals surface area (Å²) in [7, 11) is 0. The number of fused-ring (bicyclic) bond motifs is 1. The first-order valence-corrected chi connectivity index (χ1v) is 9.24. The second-order valence-electron chi connectivity index (χ2n) is 7.36. The van der Waals surface area contributed by atoms with E-state index in [9.17, 15) is 15.2 Å². The van der Waals surface area contributed by atoms with Crippen LogP contribution in [0.15, 0.2) is 60.7 Å². The first-order chi connectivity index (χ1) is 12.6. The van der Waals surface area contributed by atoms with Gasteiger partial charge in [0.2, 0.25) is 6.04 Å². The molecule has 0 aromatic heterocycles. The Hall–Kier alpha value is -2.24. The molecule has 1 aliphatic carbocycles. The van der Waals surface area contributed by atoms with Crippen molar-refractivity contribution in [2.75, 3.05) is 0 Å². The van der Waals surface area contributed by atoms with Gasteiger partial charge in [-0.2, -0.15) is 0 Å². The van der Waals surface area contributed by atoms with Gasteiger partial charge in [0.1, 0.15) is 0 Å². The van der Waals surface area contributed by atoms with E-state index in [1.54, 1.807) is 0 Å². The predicted octanol–water partition coefficient (Wildman–Crippen LogP) is 4.07. The molecule has 4 rings (SSSR count). The van der Waals surface area contributed by atoms with Gasteiger partial charge in [0.05, 0.1) is 5.92 Å². The van der Waals surface area contributed by atoms with E-state index in [4.69, 9.17) is 4.74 Å². The third-order valence-corrected chi connectivity index (χ3v) is 5.88. The highest BCUT2D eigenvalue weighted by molar-refractivity contribution is 5.28. The van der Waals surface area contributed by atoms with Gasteiger partial charge in [-0.25, -0.2) is 0 Å². The lowest BCUT2D eigenvalue weighted by atomic mass is 9.66. The van der Waals surface area contributed by atoms with Crippen LogP contribution in [0, 0.1) is 16.0 Å². The molecule has 1 aliphatic heterocycles. The summed E-state index contributed by atoms with van der Waals surface area (Å²) < 4.78 is 6.10. The Morgan fingerprint density at radius 1 is 1.00 bits per heavy atom. The average molecular weight is 353 g/mol. The topological polar surface area (TPSA) is 72.6 Å². The second kappa shape index (κ2) is 6.82. The molecule has 1 saturated heterocycles. The summed E-state index contributed by atoms with van der Waals surface area (Å²) in [5.74, 6) is -1.96. The minimum atomic E-state index is -1.31. The van der Waals surface area contributed by atoms with E-state index in [0.717, 1.165) is 30.4 Å². The SMILES string of the molecule is O=[N+]([O-])C1C(c2ccccc2)OC2(O)CCCCC2C1c1ccccc1.